The molecule has 0 saturated heterocycles. The summed E-state index contributed by atoms with van der Waals surface area (Å²) in [5, 5.41) is 0. The summed E-state index contributed by atoms with van der Waals surface area (Å²) in [7, 11) is -2.68. The third-order valence-corrected chi connectivity index (χ3v) is 7.51. The fourth-order valence-electron chi connectivity index (χ4n) is 3.12. The van der Waals surface area contributed by atoms with E-state index in [-0.39, 0.29) is 23.6 Å². The molecule has 0 aromatic heterocycles. The van der Waals surface area contributed by atoms with E-state index in [0.29, 0.717) is 50.2 Å². The lowest BCUT2D eigenvalue weighted by Crippen LogP contribution is -2.46. The quantitative estimate of drug-likeness (QED) is 0.208. The molecule has 0 amide bonds. The SMILES string of the molecule is CCO[Si](CCCOC1=CC=C(C(=O)c2ccccc2)C(=O)C1)(OCC)OCC. The molecule has 7 heteroatoms. The number of rotatable bonds is 13. The summed E-state index contributed by atoms with van der Waals surface area (Å²) in [4.78, 5) is 24.9. The summed E-state index contributed by atoms with van der Waals surface area (Å²) in [5.41, 5.74) is 0.702. The van der Waals surface area contributed by atoms with Crippen molar-refractivity contribution in [2.24, 2.45) is 0 Å². The van der Waals surface area contributed by atoms with Crippen molar-refractivity contribution in [3.63, 3.8) is 0 Å². The van der Waals surface area contributed by atoms with Crippen molar-refractivity contribution in [1.29, 1.82) is 0 Å². The highest BCUT2D eigenvalue weighted by Gasteiger charge is 2.39. The van der Waals surface area contributed by atoms with Crippen molar-refractivity contribution >= 4 is 20.4 Å². The lowest BCUT2D eigenvalue weighted by molar-refractivity contribution is -0.115. The van der Waals surface area contributed by atoms with E-state index in [4.69, 9.17) is 18.0 Å². The van der Waals surface area contributed by atoms with Gasteiger partial charge in [0.25, 0.3) is 0 Å². The number of Topliss-reactive ketones (excluding diaryl/α,β-unsaturated/α-hetero) is 2. The number of ketones is 2. The molecule has 0 fully saturated rings. The topological polar surface area (TPSA) is 71.1 Å². The fourth-order valence-corrected chi connectivity index (χ4v) is 5.70. The van der Waals surface area contributed by atoms with Crippen LogP contribution in [-0.2, 0) is 22.8 Å². The Hall–Kier alpha value is -2.06. The van der Waals surface area contributed by atoms with Gasteiger partial charge in [0.15, 0.2) is 11.6 Å². The summed E-state index contributed by atoms with van der Waals surface area (Å²) in [6, 6.07) is 9.45. The Morgan fingerprint density at radius 2 is 1.59 bits per heavy atom. The van der Waals surface area contributed by atoms with E-state index in [2.05, 4.69) is 0 Å². The van der Waals surface area contributed by atoms with Crippen LogP contribution < -0.4 is 0 Å². The normalized spacial score (nSPS) is 14.4. The number of hydrogen-bond donors (Lipinski definition) is 0. The van der Waals surface area contributed by atoms with Crippen LogP contribution in [0.15, 0.2) is 53.8 Å². The van der Waals surface area contributed by atoms with Crippen LogP contribution in [0.1, 0.15) is 44.0 Å². The molecule has 0 saturated carbocycles. The third-order valence-electron chi connectivity index (χ3n) is 4.36. The molecular weight excluding hydrogens is 388 g/mol. The van der Waals surface area contributed by atoms with Crippen molar-refractivity contribution in [2.45, 2.75) is 39.7 Å². The standard InChI is InChI=1S/C22H30O6Si/c1-4-26-29(27-5-2,28-6-3)16-10-15-25-19-13-14-20(21(23)17-19)22(24)18-11-8-7-9-12-18/h7-9,11-14H,4-6,10,15-17H2,1-3H3. The molecule has 0 N–H and O–H groups in total. The molecule has 0 radical (unpaired) electrons. The van der Waals surface area contributed by atoms with Gasteiger partial charge in [-0.2, -0.15) is 0 Å². The molecule has 0 unspecified atom stereocenters. The van der Waals surface area contributed by atoms with Gasteiger partial charge in [0.1, 0.15) is 5.76 Å². The summed E-state index contributed by atoms with van der Waals surface area (Å²) >= 11 is 0. The third kappa shape index (κ3) is 6.75. The maximum Gasteiger partial charge on any atom is 0.501 e. The van der Waals surface area contributed by atoms with Crippen LogP contribution in [0.2, 0.25) is 6.04 Å². The van der Waals surface area contributed by atoms with Crippen LogP contribution >= 0.6 is 0 Å². The first-order valence-electron chi connectivity index (χ1n) is 10.1. The van der Waals surface area contributed by atoms with Crippen LogP contribution in [0.25, 0.3) is 0 Å². The molecule has 1 aliphatic carbocycles. The highest BCUT2D eigenvalue weighted by molar-refractivity contribution is 6.60. The molecule has 29 heavy (non-hydrogen) atoms. The van der Waals surface area contributed by atoms with E-state index in [1.807, 2.05) is 26.8 Å². The van der Waals surface area contributed by atoms with Gasteiger partial charge in [-0.05, 0) is 39.3 Å². The van der Waals surface area contributed by atoms with E-state index < -0.39 is 8.80 Å². The highest BCUT2D eigenvalue weighted by Crippen LogP contribution is 2.22. The van der Waals surface area contributed by atoms with E-state index >= 15 is 0 Å². The largest absolute Gasteiger partial charge is 0.501 e. The molecule has 0 atom stereocenters. The minimum absolute atomic E-state index is 0.0926. The van der Waals surface area contributed by atoms with Crippen molar-refractivity contribution in [1.82, 2.24) is 0 Å². The summed E-state index contributed by atoms with van der Waals surface area (Å²) < 4.78 is 23.2. The van der Waals surface area contributed by atoms with Gasteiger partial charge in [0, 0.05) is 31.4 Å². The van der Waals surface area contributed by atoms with Gasteiger partial charge in [0.05, 0.1) is 18.6 Å². The van der Waals surface area contributed by atoms with Crippen LogP contribution in [0.5, 0.6) is 0 Å². The summed E-state index contributed by atoms with van der Waals surface area (Å²) in [6.45, 7) is 7.82. The van der Waals surface area contributed by atoms with E-state index in [0.717, 1.165) is 0 Å². The zero-order valence-electron chi connectivity index (χ0n) is 17.4. The Bertz CT molecular complexity index is 724. The van der Waals surface area contributed by atoms with Crippen molar-refractivity contribution in [3.05, 3.63) is 59.4 Å². The fraction of sp³-hybridized carbons (Fsp3) is 0.455. The van der Waals surface area contributed by atoms with Gasteiger partial charge >= 0.3 is 8.80 Å². The summed E-state index contributed by atoms with van der Waals surface area (Å²) in [6.07, 6.45) is 4.04. The molecule has 0 aliphatic heterocycles. The Morgan fingerprint density at radius 1 is 0.966 bits per heavy atom. The molecule has 6 nitrogen and oxygen atoms in total. The molecule has 1 aromatic carbocycles. The van der Waals surface area contributed by atoms with Crippen LogP contribution in [0.3, 0.4) is 0 Å². The van der Waals surface area contributed by atoms with Crippen LogP contribution in [-0.4, -0.2) is 46.8 Å². The van der Waals surface area contributed by atoms with E-state index in [1.54, 1.807) is 36.4 Å². The predicted octanol–water partition coefficient (Wildman–Crippen LogP) is 4.11. The Kier molecular flexibility index (Phi) is 9.46. The lowest BCUT2D eigenvalue weighted by Gasteiger charge is -2.28. The van der Waals surface area contributed by atoms with Crippen molar-refractivity contribution in [2.75, 3.05) is 26.4 Å². The second-order valence-electron chi connectivity index (χ2n) is 6.44. The molecule has 1 aromatic rings. The molecule has 1 aliphatic rings. The van der Waals surface area contributed by atoms with Crippen LogP contribution in [0.4, 0.5) is 0 Å². The average molecular weight is 419 g/mol. The molecule has 0 bridgehead atoms. The van der Waals surface area contributed by atoms with Gasteiger partial charge in [-0.1, -0.05) is 30.3 Å². The number of ether oxygens (including phenoxy) is 1. The van der Waals surface area contributed by atoms with Gasteiger partial charge in [-0.25, -0.2) is 0 Å². The lowest BCUT2D eigenvalue weighted by atomic mass is 9.94. The molecule has 2 rings (SSSR count). The second-order valence-corrected chi connectivity index (χ2v) is 9.17. The zero-order chi connectivity index (χ0) is 21.1. The predicted molar refractivity (Wildman–Crippen MR) is 113 cm³/mol. The number of benzene rings is 1. The molecule has 0 spiro atoms. The van der Waals surface area contributed by atoms with Gasteiger partial charge in [-0.3, -0.25) is 9.59 Å². The number of carbonyl (C=O) groups is 2. The second kappa shape index (κ2) is 11.8. The Balaban J connectivity index is 1.91. The number of hydrogen-bond acceptors (Lipinski definition) is 6. The minimum Gasteiger partial charge on any atom is -0.497 e. The van der Waals surface area contributed by atoms with Gasteiger partial charge in [0.2, 0.25) is 0 Å². The minimum atomic E-state index is -2.68. The van der Waals surface area contributed by atoms with Crippen molar-refractivity contribution in [3.8, 4) is 0 Å². The molecular formula is C22H30O6Si. The Labute approximate surface area is 173 Å². The maximum atomic E-state index is 12.5. The van der Waals surface area contributed by atoms with E-state index in [1.165, 1.54) is 0 Å². The first kappa shape index (κ1) is 23.2. The molecule has 158 valence electrons. The van der Waals surface area contributed by atoms with Crippen molar-refractivity contribution < 1.29 is 27.6 Å². The smallest absolute Gasteiger partial charge is 0.497 e. The average Bonchev–Trinajstić information content (AvgIpc) is 2.72. The van der Waals surface area contributed by atoms with Crippen LogP contribution in [0, 0.1) is 0 Å². The monoisotopic (exact) mass is 418 g/mol. The summed E-state index contributed by atoms with van der Waals surface area (Å²) in [5.74, 6) is 0.0842. The van der Waals surface area contributed by atoms with Gasteiger partial charge in [-0.15, -0.1) is 0 Å². The van der Waals surface area contributed by atoms with E-state index in [9.17, 15) is 9.59 Å². The maximum absolute atomic E-state index is 12.5. The molecule has 0 heterocycles. The number of carbonyl (C=O) groups excluding carboxylic acids is 2. The van der Waals surface area contributed by atoms with Gasteiger partial charge < -0.3 is 18.0 Å². The zero-order valence-corrected chi connectivity index (χ0v) is 18.4. The number of allylic oxidation sites excluding steroid dienone is 4. The Morgan fingerprint density at radius 3 is 2.14 bits per heavy atom. The highest BCUT2D eigenvalue weighted by atomic mass is 28.4. The first-order chi connectivity index (χ1) is 14.0. The first-order valence-corrected chi connectivity index (χ1v) is 12.1.